The van der Waals surface area contributed by atoms with E-state index in [1.54, 1.807) is 14.2 Å². The average molecular weight is 247 g/mol. The predicted molar refractivity (Wildman–Crippen MR) is 70.9 cm³/mol. The third-order valence-electron chi connectivity index (χ3n) is 4.74. The molecular weight excluding hydrogens is 226 g/mol. The molecule has 98 valence electrons. The highest BCUT2D eigenvalue weighted by Crippen LogP contribution is 2.63. The third kappa shape index (κ3) is 1.61. The fraction of sp³-hybridized carbons (Fsp3) is 0.600. The summed E-state index contributed by atoms with van der Waals surface area (Å²) in [6.45, 7) is 0. The fourth-order valence-electron chi connectivity index (χ4n) is 3.66. The largest absolute Gasteiger partial charge is 0.497 e. The van der Waals surface area contributed by atoms with E-state index in [4.69, 9.17) is 15.2 Å². The molecule has 2 atom stereocenters. The summed E-state index contributed by atoms with van der Waals surface area (Å²) >= 11 is 0. The maximum absolute atomic E-state index is 6.65. The second-order valence-electron chi connectivity index (χ2n) is 5.53. The summed E-state index contributed by atoms with van der Waals surface area (Å²) in [4.78, 5) is 0. The van der Waals surface area contributed by atoms with Crippen molar-refractivity contribution in [2.45, 2.75) is 31.2 Å². The molecule has 1 aromatic rings. The second kappa shape index (κ2) is 4.16. The first-order valence-electron chi connectivity index (χ1n) is 6.72. The van der Waals surface area contributed by atoms with E-state index in [0.717, 1.165) is 11.5 Å². The SMILES string of the molecule is COc1cc(OC)cc(C2(N)C3CCCCC32)c1. The molecule has 2 unspecified atom stereocenters. The molecule has 1 aromatic carbocycles. The molecule has 2 saturated carbocycles. The van der Waals surface area contributed by atoms with Crippen LogP contribution in [0, 0.1) is 11.8 Å². The van der Waals surface area contributed by atoms with Crippen LogP contribution in [0.1, 0.15) is 31.2 Å². The van der Waals surface area contributed by atoms with E-state index in [2.05, 4.69) is 12.1 Å². The molecule has 2 fully saturated rings. The van der Waals surface area contributed by atoms with E-state index in [9.17, 15) is 0 Å². The van der Waals surface area contributed by atoms with Crippen LogP contribution in [-0.2, 0) is 5.54 Å². The maximum Gasteiger partial charge on any atom is 0.122 e. The van der Waals surface area contributed by atoms with E-state index in [0.29, 0.717) is 11.8 Å². The van der Waals surface area contributed by atoms with Crippen molar-refractivity contribution in [3.05, 3.63) is 23.8 Å². The molecule has 0 aromatic heterocycles. The molecule has 0 radical (unpaired) electrons. The van der Waals surface area contributed by atoms with Gasteiger partial charge in [-0.2, -0.15) is 0 Å². The lowest BCUT2D eigenvalue weighted by Crippen LogP contribution is -2.24. The number of fused-ring (bicyclic) bond motifs is 1. The van der Waals surface area contributed by atoms with Gasteiger partial charge in [0.15, 0.2) is 0 Å². The van der Waals surface area contributed by atoms with Crippen LogP contribution in [0.2, 0.25) is 0 Å². The summed E-state index contributed by atoms with van der Waals surface area (Å²) in [6.07, 6.45) is 5.17. The molecule has 0 amide bonds. The fourth-order valence-corrected chi connectivity index (χ4v) is 3.66. The predicted octanol–water partition coefficient (Wildman–Crippen LogP) is 2.68. The summed E-state index contributed by atoms with van der Waals surface area (Å²) in [7, 11) is 3.36. The third-order valence-corrected chi connectivity index (χ3v) is 4.74. The molecule has 0 saturated heterocycles. The highest BCUT2D eigenvalue weighted by Gasteiger charge is 2.62. The summed E-state index contributed by atoms with van der Waals surface area (Å²) in [5, 5.41) is 0. The molecule has 2 N–H and O–H groups in total. The molecule has 2 aliphatic carbocycles. The van der Waals surface area contributed by atoms with Crippen molar-refractivity contribution < 1.29 is 9.47 Å². The first-order valence-corrected chi connectivity index (χ1v) is 6.72. The molecule has 2 aliphatic rings. The monoisotopic (exact) mass is 247 g/mol. The Hall–Kier alpha value is -1.22. The summed E-state index contributed by atoms with van der Waals surface area (Å²) < 4.78 is 10.7. The Morgan fingerprint density at radius 2 is 1.50 bits per heavy atom. The van der Waals surface area contributed by atoms with Gasteiger partial charge in [-0.25, -0.2) is 0 Å². The highest BCUT2D eigenvalue weighted by molar-refractivity contribution is 5.45. The van der Waals surface area contributed by atoms with Crippen LogP contribution < -0.4 is 15.2 Å². The molecule has 0 spiro atoms. The summed E-state index contributed by atoms with van der Waals surface area (Å²) in [5.74, 6) is 2.97. The number of benzene rings is 1. The number of methoxy groups -OCH3 is 2. The highest BCUT2D eigenvalue weighted by atomic mass is 16.5. The smallest absolute Gasteiger partial charge is 0.122 e. The van der Waals surface area contributed by atoms with Gasteiger partial charge in [0.25, 0.3) is 0 Å². The lowest BCUT2D eigenvalue weighted by atomic mass is 10.0. The Morgan fingerprint density at radius 1 is 1.00 bits per heavy atom. The second-order valence-corrected chi connectivity index (χ2v) is 5.53. The minimum absolute atomic E-state index is 0.141. The van der Waals surface area contributed by atoms with Crippen LogP contribution in [-0.4, -0.2) is 14.2 Å². The van der Waals surface area contributed by atoms with Gasteiger partial charge >= 0.3 is 0 Å². The standard InChI is InChI=1S/C15H21NO2/c1-17-11-7-10(8-12(9-11)18-2)15(16)13-5-3-4-6-14(13)15/h7-9,13-14H,3-6,16H2,1-2H3. The molecule has 0 bridgehead atoms. The van der Waals surface area contributed by atoms with Gasteiger partial charge in [0, 0.05) is 11.6 Å². The number of hydrogen-bond acceptors (Lipinski definition) is 3. The van der Waals surface area contributed by atoms with Crippen molar-refractivity contribution in [3.8, 4) is 11.5 Å². The van der Waals surface area contributed by atoms with Crippen molar-refractivity contribution in [1.82, 2.24) is 0 Å². The number of rotatable bonds is 3. The van der Waals surface area contributed by atoms with Crippen LogP contribution in [0.3, 0.4) is 0 Å². The Morgan fingerprint density at radius 3 is 1.94 bits per heavy atom. The molecular formula is C15H21NO2. The van der Waals surface area contributed by atoms with Crippen LogP contribution in [0.5, 0.6) is 11.5 Å². The number of hydrogen-bond donors (Lipinski definition) is 1. The van der Waals surface area contributed by atoms with Crippen LogP contribution in [0.15, 0.2) is 18.2 Å². The Balaban J connectivity index is 1.96. The minimum atomic E-state index is -0.141. The Labute approximate surface area is 108 Å². The molecule has 3 rings (SSSR count). The zero-order valence-electron chi connectivity index (χ0n) is 11.1. The van der Waals surface area contributed by atoms with Crippen molar-refractivity contribution in [3.63, 3.8) is 0 Å². The van der Waals surface area contributed by atoms with Gasteiger partial charge in [-0.3, -0.25) is 0 Å². The normalized spacial score (nSPS) is 33.7. The molecule has 0 heterocycles. The van der Waals surface area contributed by atoms with Gasteiger partial charge < -0.3 is 15.2 Å². The molecule has 3 nitrogen and oxygen atoms in total. The minimum Gasteiger partial charge on any atom is -0.497 e. The van der Waals surface area contributed by atoms with Gasteiger partial charge in [-0.05, 0) is 42.4 Å². The Bertz CT molecular complexity index is 424. The van der Waals surface area contributed by atoms with Gasteiger partial charge in [-0.1, -0.05) is 12.8 Å². The van der Waals surface area contributed by atoms with Crippen molar-refractivity contribution in [2.24, 2.45) is 17.6 Å². The molecule has 18 heavy (non-hydrogen) atoms. The Kier molecular flexibility index (Phi) is 2.74. The van der Waals surface area contributed by atoms with E-state index < -0.39 is 0 Å². The lowest BCUT2D eigenvalue weighted by Gasteiger charge is -2.15. The topological polar surface area (TPSA) is 44.5 Å². The van der Waals surface area contributed by atoms with E-state index in [-0.39, 0.29) is 5.54 Å². The van der Waals surface area contributed by atoms with Gasteiger partial charge in [0.1, 0.15) is 11.5 Å². The average Bonchev–Trinajstić information content (AvgIpc) is 3.06. The van der Waals surface area contributed by atoms with Gasteiger partial charge in [-0.15, -0.1) is 0 Å². The van der Waals surface area contributed by atoms with Gasteiger partial charge in [0.2, 0.25) is 0 Å². The number of ether oxygens (including phenoxy) is 2. The first kappa shape index (κ1) is 11.8. The van der Waals surface area contributed by atoms with Gasteiger partial charge in [0.05, 0.1) is 14.2 Å². The zero-order chi connectivity index (χ0) is 12.8. The van der Waals surface area contributed by atoms with Crippen LogP contribution in [0.25, 0.3) is 0 Å². The van der Waals surface area contributed by atoms with Crippen LogP contribution in [0.4, 0.5) is 0 Å². The maximum atomic E-state index is 6.65. The van der Waals surface area contributed by atoms with E-state index >= 15 is 0 Å². The summed E-state index contributed by atoms with van der Waals surface area (Å²) in [5.41, 5.74) is 7.69. The van der Waals surface area contributed by atoms with Crippen molar-refractivity contribution >= 4 is 0 Å². The summed E-state index contributed by atoms with van der Waals surface area (Å²) in [6, 6.07) is 6.04. The quantitative estimate of drug-likeness (QED) is 0.893. The van der Waals surface area contributed by atoms with E-state index in [1.165, 1.54) is 31.2 Å². The van der Waals surface area contributed by atoms with Crippen molar-refractivity contribution in [2.75, 3.05) is 14.2 Å². The zero-order valence-corrected chi connectivity index (χ0v) is 11.1. The number of nitrogens with two attached hydrogens (primary N) is 1. The van der Waals surface area contributed by atoms with Crippen LogP contribution >= 0.6 is 0 Å². The first-order chi connectivity index (χ1) is 8.70. The molecule has 3 heteroatoms. The van der Waals surface area contributed by atoms with E-state index in [1.807, 2.05) is 6.07 Å². The lowest BCUT2D eigenvalue weighted by molar-refractivity contribution is 0.391. The van der Waals surface area contributed by atoms with Crippen molar-refractivity contribution in [1.29, 1.82) is 0 Å². The molecule has 0 aliphatic heterocycles.